The topological polar surface area (TPSA) is 75.4 Å². The molecule has 3 rings (SSSR count). The second-order valence-electron chi connectivity index (χ2n) is 5.34. The molecule has 0 aliphatic carbocycles. The third kappa shape index (κ3) is 3.90. The smallest absolute Gasteiger partial charge is 0.416 e. The minimum atomic E-state index is -4.50. The first-order valence-electron chi connectivity index (χ1n) is 7.37. The highest BCUT2D eigenvalue weighted by molar-refractivity contribution is 5.94. The maximum atomic E-state index is 12.7. The van der Waals surface area contributed by atoms with Crippen LogP contribution in [-0.2, 0) is 12.6 Å². The summed E-state index contributed by atoms with van der Waals surface area (Å²) in [7, 11) is 0. The van der Waals surface area contributed by atoms with Crippen molar-refractivity contribution < 1.29 is 27.5 Å². The first-order valence-corrected chi connectivity index (χ1v) is 7.37. The largest absolute Gasteiger partial charge is 0.508 e. The molecule has 3 aromatic rings. The van der Waals surface area contributed by atoms with Gasteiger partial charge in [0.1, 0.15) is 11.3 Å². The molecule has 0 fully saturated rings. The van der Waals surface area contributed by atoms with Crippen LogP contribution in [-0.4, -0.2) is 22.5 Å². The predicted molar refractivity (Wildman–Crippen MR) is 83.2 cm³/mol. The number of fused-ring (bicyclic) bond motifs is 1. The van der Waals surface area contributed by atoms with Crippen LogP contribution in [0, 0.1) is 0 Å². The van der Waals surface area contributed by atoms with Crippen molar-refractivity contribution in [2.45, 2.75) is 12.6 Å². The monoisotopic (exact) mass is 350 g/mol. The molecule has 0 unspecified atom stereocenters. The van der Waals surface area contributed by atoms with Gasteiger partial charge in [0.25, 0.3) is 5.91 Å². The van der Waals surface area contributed by atoms with Crippen LogP contribution in [0.25, 0.3) is 11.1 Å². The number of nitrogens with zero attached hydrogens (tertiary/aromatic N) is 1. The van der Waals surface area contributed by atoms with Gasteiger partial charge in [-0.05, 0) is 30.3 Å². The summed E-state index contributed by atoms with van der Waals surface area (Å²) in [4.78, 5) is 16.2. The van der Waals surface area contributed by atoms with E-state index in [4.69, 9.17) is 4.42 Å². The molecule has 1 amide bonds. The molecule has 130 valence electrons. The number of hydrogen-bond acceptors (Lipinski definition) is 4. The number of benzene rings is 2. The number of hydrogen-bond donors (Lipinski definition) is 2. The van der Waals surface area contributed by atoms with E-state index in [1.54, 1.807) is 6.07 Å². The Morgan fingerprint density at radius 2 is 2.00 bits per heavy atom. The maximum absolute atomic E-state index is 12.7. The molecule has 5 nitrogen and oxygen atoms in total. The van der Waals surface area contributed by atoms with Crippen LogP contribution in [0.4, 0.5) is 13.2 Å². The van der Waals surface area contributed by atoms with Crippen LogP contribution in [0.15, 0.2) is 46.9 Å². The second-order valence-corrected chi connectivity index (χ2v) is 5.34. The number of oxazole rings is 1. The molecule has 0 radical (unpaired) electrons. The SMILES string of the molecule is O=C(NCCc1nc2ccc(O)cc2o1)c1cccc(C(F)(F)F)c1. The zero-order chi connectivity index (χ0) is 18.0. The van der Waals surface area contributed by atoms with E-state index >= 15 is 0 Å². The molecule has 0 saturated carbocycles. The van der Waals surface area contributed by atoms with Crippen LogP contribution >= 0.6 is 0 Å². The van der Waals surface area contributed by atoms with Gasteiger partial charge < -0.3 is 14.8 Å². The van der Waals surface area contributed by atoms with Crippen LogP contribution in [0.1, 0.15) is 21.8 Å². The molecule has 8 heteroatoms. The number of amides is 1. The molecular weight excluding hydrogens is 337 g/mol. The minimum absolute atomic E-state index is 0.0491. The summed E-state index contributed by atoms with van der Waals surface area (Å²) in [6, 6.07) is 8.70. The summed E-state index contributed by atoms with van der Waals surface area (Å²) < 4.78 is 43.4. The highest BCUT2D eigenvalue weighted by Crippen LogP contribution is 2.29. The number of halogens is 3. The first kappa shape index (κ1) is 16.8. The lowest BCUT2D eigenvalue weighted by molar-refractivity contribution is -0.137. The predicted octanol–water partition coefficient (Wildman–Crippen LogP) is 3.52. The van der Waals surface area contributed by atoms with Gasteiger partial charge in [-0.25, -0.2) is 4.98 Å². The van der Waals surface area contributed by atoms with Crippen molar-refractivity contribution in [1.29, 1.82) is 0 Å². The van der Waals surface area contributed by atoms with Crippen LogP contribution in [0.2, 0.25) is 0 Å². The highest BCUT2D eigenvalue weighted by Gasteiger charge is 2.30. The van der Waals surface area contributed by atoms with Crippen molar-refractivity contribution >= 4 is 17.0 Å². The van der Waals surface area contributed by atoms with E-state index in [0.717, 1.165) is 12.1 Å². The highest BCUT2D eigenvalue weighted by atomic mass is 19.4. The van der Waals surface area contributed by atoms with Crippen LogP contribution < -0.4 is 5.32 Å². The normalized spacial score (nSPS) is 11.6. The van der Waals surface area contributed by atoms with Crippen molar-refractivity contribution in [3.8, 4) is 5.75 Å². The Balaban J connectivity index is 1.62. The molecular formula is C17H13F3N2O3. The Kier molecular flexibility index (Phi) is 4.35. The zero-order valence-corrected chi connectivity index (χ0v) is 12.8. The lowest BCUT2D eigenvalue weighted by Gasteiger charge is -2.08. The fourth-order valence-corrected chi connectivity index (χ4v) is 2.29. The van der Waals surface area contributed by atoms with Crippen LogP contribution in [0.5, 0.6) is 5.75 Å². The second kappa shape index (κ2) is 6.46. The summed E-state index contributed by atoms with van der Waals surface area (Å²) >= 11 is 0. The standard InChI is InChI=1S/C17H13F3N2O3/c18-17(19,20)11-3-1-2-10(8-11)16(24)21-7-6-15-22-13-5-4-12(23)9-14(13)25-15/h1-5,8-9,23H,6-7H2,(H,21,24). The number of phenols is 1. The molecule has 0 aliphatic rings. The average Bonchev–Trinajstić information content (AvgIpc) is 2.96. The van der Waals surface area contributed by atoms with E-state index < -0.39 is 17.6 Å². The summed E-state index contributed by atoms with van der Waals surface area (Å²) in [5, 5.41) is 11.9. The fraction of sp³-hybridized carbons (Fsp3) is 0.176. The number of carbonyl (C=O) groups excluding carboxylic acids is 1. The van der Waals surface area contributed by atoms with E-state index in [2.05, 4.69) is 10.3 Å². The summed E-state index contributed by atoms with van der Waals surface area (Å²) in [6.45, 7) is 0.147. The minimum Gasteiger partial charge on any atom is -0.508 e. The first-order chi connectivity index (χ1) is 11.8. The Morgan fingerprint density at radius 3 is 2.76 bits per heavy atom. The quantitative estimate of drug-likeness (QED) is 0.755. The third-order valence-electron chi connectivity index (χ3n) is 3.49. The lowest BCUT2D eigenvalue weighted by Crippen LogP contribution is -2.26. The third-order valence-corrected chi connectivity index (χ3v) is 3.49. The van der Waals surface area contributed by atoms with Gasteiger partial charge in [-0.2, -0.15) is 13.2 Å². The van der Waals surface area contributed by atoms with Gasteiger partial charge >= 0.3 is 6.18 Å². The molecule has 1 heterocycles. The maximum Gasteiger partial charge on any atom is 0.416 e. The van der Waals surface area contributed by atoms with Gasteiger partial charge in [-0.15, -0.1) is 0 Å². The van der Waals surface area contributed by atoms with Crippen LogP contribution in [0.3, 0.4) is 0 Å². The fourth-order valence-electron chi connectivity index (χ4n) is 2.29. The van der Waals surface area contributed by atoms with Crippen molar-refractivity contribution in [2.24, 2.45) is 0 Å². The Hall–Kier alpha value is -3.03. The summed E-state index contributed by atoms with van der Waals surface area (Å²) in [6.07, 6.45) is -4.24. The number of aromatic nitrogens is 1. The molecule has 0 bridgehead atoms. The van der Waals surface area contributed by atoms with E-state index in [1.165, 1.54) is 24.3 Å². The van der Waals surface area contributed by atoms with E-state index in [9.17, 15) is 23.1 Å². The lowest BCUT2D eigenvalue weighted by atomic mass is 10.1. The molecule has 2 aromatic carbocycles. The van der Waals surface area contributed by atoms with Crippen molar-refractivity contribution in [1.82, 2.24) is 10.3 Å². The van der Waals surface area contributed by atoms with Crippen molar-refractivity contribution in [2.75, 3.05) is 6.54 Å². The van der Waals surface area contributed by atoms with Gasteiger partial charge in [0.05, 0.1) is 5.56 Å². The van der Waals surface area contributed by atoms with Gasteiger partial charge in [0.15, 0.2) is 11.5 Å². The zero-order valence-electron chi connectivity index (χ0n) is 12.8. The summed E-state index contributed by atoms with van der Waals surface area (Å²) in [5.74, 6) is -0.210. The molecule has 1 aromatic heterocycles. The molecule has 0 spiro atoms. The number of rotatable bonds is 4. The number of nitrogens with one attached hydrogen (secondary N) is 1. The van der Waals surface area contributed by atoms with E-state index in [0.29, 0.717) is 17.0 Å². The van der Waals surface area contributed by atoms with Gasteiger partial charge in [0, 0.05) is 24.6 Å². The molecule has 0 atom stereocenters. The Morgan fingerprint density at radius 1 is 1.20 bits per heavy atom. The van der Waals surface area contributed by atoms with E-state index in [1.807, 2.05) is 0 Å². The number of alkyl halides is 3. The Labute approximate surface area is 140 Å². The molecule has 0 aliphatic heterocycles. The molecule has 2 N–H and O–H groups in total. The molecule has 25 heavy (non-hydrogen) atoms. The number of phenolic OH excluding ortho intramolecular Hbond substituents is 1. The van der Waals surface area contributed by atoms with Crippen molar-refractivity contribution in [3.05, 3.63) is 59.5 Å². The number of carbonyl (C=O) groups is 1. The average molecular weight is 350 g/mol. The van der Waals surface area contributed by atoms with E-state index in [-0.39, 0.29) is 24.3 Å². The number of aromatic hydroxyl groups is 1. The Bertz CT molecular complexity index is 919. The summed E-state index contributed by atoms with van der Waals surface area (Å²) in [5.41, 5.74) is 0.0347. The van der Waals surface area contributed by atoms with Crippen molar-refractivity contribution in [3.63, 3.8) is 0 Å². The van der Waals surface area contributed by atoms with Gasteiger partial charge in [-0.3, -0.25) is 4.79 Å². The van der Waals surface area contributed by atoms with Gasteiger partial charge in [-0.1, -0.05) is 6.07 Å². The van der Waals surface area contributed by atoms with Gasteiger partial charge in [0.2, 0.25) is 0 Å². The molecule has 0 saturated heterocycles.